The van der Waals surface area contributed by atoms with E-state index in [1.165, 1.54) is 18.7 Å². The Kier molecular flexibility index (Phi) is 3.06. The predicted molar refractivity (Wildman–Crippen MR) is 62.6 cm³/mol. The highest BCUT2D eigenvalue weighted by Gasteiger charge is 2.12. The topological polar surface area (TPSA) is 80.6 Å². The molecule has 17 heavy (non-hydrogen) atoms. The second-order valence-electron chi connectivity index (χ2n) is 3.31. The Labute approximate surface area is 101 Å². The summed E-state index contributed by atoms with van der Waals surface area (Å²) in [5.41, 5.74) is -0.386. The van der Waals surface area contributed by atoms with Crippen LogP contribution in [0.3, 0.4) is 0 Å². The molecule has 0 atom stereocenters. The highest BCUT2D eigenvalue weighted by Crippen LogP contribution is 2.07. The summed E-state index contributed by atoms with van der Waals surface area (Å²) in [5.74, 6) is 0. The Morgan fingerprint density at radius 2 is 2.00 bits per heavy atom. The monoisotopic (exact) mass is 252 g/mol. The molecular weight excluding hydrogens is 244 g/mol. The quantitative estimate of drug-likeness (QED) is 0.791. The van der Waals surface area contributed by atoms with Crippen molar-refractivity contribution in [3.05, 3.63) is 50.3 Å². The zero-order valence-corrected chi connectivity index (χ0v) is 9.73. The molecule has 0 spiro atoms. The van der Waals surface area contributed by atoms with Gasteiger partial charge in [-0.25, -0.2) is 19.3 Å². The molecule has 0 unspecified atom stereocenters. The lowest BCUT2D eigenvalue weighted by Gasteiger charge is -2.06. The third kappa shape index (κ3) is 1.99. The molecule has 88 valence electrons. The lowest BCUT2D eigenvalue weighted by molar-refractivity contribution is 0.831. The number of hydrogen-bond donors (Lipinski definition) is 1. The van der Waals surface area contributed by atoms with Crippen LogP contribution in [0.1, 0.15) is 12.5 Å². The van der Waals surface area contributed by atoms with Crippen LogP contribution in [0.25, 0.3) is 5.69 Å². The molecule has 0 bridgehead atoms. The standard InChI is InChI=1S/C10H9ClN4O2/c1-2-7-8(11)14-10(17)15(9(7)16)6-3-12-5-13-4-6/h3-5H,2H2,1H3,(H,14,17). The average Bonchev–Trinajstić information content (AvgIpc) is 2.30. The van der Waals surface area contributed by atoms with E-state index in [4.69, 9.17) is 11.6 Å². The van der Waals surface area contributed by atoms with Crippen molar-refractivity contribution in [1.82, 2.24) is 19.5 Å². The second kappa shape index (κ2) is 4.50. The van der Waals surface area contributed by atoms with E-state index in [1.54, 1.807) is 6.92 Å². The van der Waals surface area contributed by atoms with Gasteiger partial charge in [-0.05, 0) is 6.42 Å². The molecular formula is C10H9ClN4O2. The van der Waals surface area contributed by atoms with Crippen LogP contribution in [0.4, 0.5) is 0 Å². The Balaban J connectivity index is 2.80. The van der Waals surface area contributed by atoms with E-state index < -0.39 is 11.2 Å². The summed E-state index contributed by atoms with van der Waals surface area (Å²) in [5, 5.41) is 0.0793. The molecule has 0 saturated heterocycles. The van der Waals surface area contributed by atoms with Gasteiger partial charge in [-0.1, -0.05) is 18.5 Å². The largest absolute Gasteiger partial charge is 0.334 e. The number of nitrogens with one attached hydrogen (secondary N) is 1. The van der Waals surface area contributed by atoms with Gasteiger partial charge in [0, 0.05) is 0 Å². The Bertz CT molecular complexity index is 648. The van der Waals surface area contributed by atoms with Crippen molar-refractivity contribution in [1.29, 1.82) is 0 Å². The molecule has 2 aromatic heterocycles. The van der Waals surface area contributed by atoms with Crippen molar-refractivity contribution in [3.8, 4) is 5.69 Å². The van der Waals surface area contributed by atoms with Crippen molar-refractivity contribution in [2.24, 2.45) is 0 Å². The molecule has 0 aliphatic carbocycles. The van der Waals surface area contributed by atoms with Crippen molar-refractivity contribution in [2.75, 3.05) is 0 Å². The van der Waals surface area contributed by atoms with Crippen molar-refractivity contribution in [3.63, 3.8) is 0 Å². The van der Waals surface area contributed by atoms with Crippen LogP contribution in [0.2, 0.25) is 5.15 Å². The number of hydrogen-bond acceptors (Lipinski definition) is 4. The summed E-state index contributed by atoms with van der Waals surface area (Å²) in [6.07, 6.45) is 4.52. The molecule has 0 aromatic carbocycles. The molecule has 2 aromatic rings. The van der Waals surface area contributed by atoms with Crippen LogP contribution < -0.4 is 11.2 Å². The van der Waals surface area contributed by atoms with Crippen molar-refractivity contribution >= 4 is 11.6 Å². The molecule has 0 aliphatic heterocycles. The fourth-order valence-corrected chi connectivity index (χ4v) is 1.79. The summed E-state index contributed by atoms with van der Waals surface area (Å²) in [6, 6.07) is 0. The fraction of sp³-hybridized carbons (Fsp3) is 0.200. The molecule has 2 rings (SSSR count). The van der Waals surface area contributed by atoms with Gasteiger partial charge in [0.1, 0.15) is 11.5 Å². The number of aromatic nitrogens is 4. The van der Waals surface area contributed by atoms with Gasteiger partial charge in [-0.2, -0.15) is 0 Å². The molecule has 2 heterocycles. The maximum absolute atomic E-state index is 12.0. The Hall–Kier alpha value is -1.95. The molecule has 0 amide bonds. The first-order valence-corrected chi connectivity index (χ1v) is 5.32. The zero-order chi connectivity index (χ0) is 12.4. The van der Waals surface area contributed by atoms with Gasteiger partial charge in [-0.3, -0.25) is 9.78 Å². The van der Waals surface area contributed by atoms with Crippen molar-refractivity contribution < 1.29 is 0 Å². The number of nitrogens with zero attached hydrogens (tertiary/aromatic N) is 3. The lowest BCUT2D eigenvalue weighted by Crippen LogP contribution is -2.36. The van der Waals surface area contributed by atoms with Crippen LogP contribution in [0, 0.1) is 0 Å². The average molecular weight is 253 g/mol. The van der Waals surface area contributed by atoms with E-state index >= 15 is 0 Å². The highest BCUT2D eigenvalue weighted by molar-refractivity contribution is 6.30. The van der Waals surface area contributed by atoms with Gasteiger partial charge in [0.2, 0.25) is 0 Å². The van der Waals surface area contributed by atoms with E-state index in [-0.39, 0.29) is 5.15 Å². The minimum atomic E-state index is -0.605. The number of aromatic amines is 1. The summed E-state index contributed by atoms with van der Waals surface area (Å²) < 4.78 is 0.963. The smallest absolute Gasteiger partial charge is 0.297 e. The van der Waals surface area contributed by atoms with Crippen LogP contribution in [0.15, 0.2) is 28.3 Å². The summed E-state index contributed by atoms with van der Waals surface area (Å²) in [6.45, 7) is 1.78. The van der Waals surface area contributed by atoms with Crippen LogP contribution in [-0.4, -0.2) is 19.5 Å². The van der Waals surface area contributed by atoms with Gasteiger partial charge in [0.15, 0.2) is 0 Å². The predicted octanol–water partition coefficient (Wildman–Crippen LogP) is 0.532. The molecule has 0 fully saturated rings. The van der Waals surface area contributed by atoms with Crippen molar-refractivity contribution in [2.45, 2.75) is 13.3 Å². The van der Waals surface area contributed by atoms with Crippen LogP contribution in [-0.2, 0) is 6.42 Å². The normalized spacial score (nSPS) is 10.5. The second-order valence-corrected chi connectivity index (χ2v) is 3.69. The van der Waals surface area contributed by atoms with E-state index in [0.717, 1.165) is 4.57 Å². The maximum Gasteiger partial charge on any atom is 0.334 e. The molecule has 6 nitrogen and oxygen atoms in total. The minimum absolute atomic E-state index is 0.0793. The molecule has 7 heteroatoms. The third-order valence-corrected chi connectivity index (χ3v) is 2.63. The summed E-state index contributed by atoms with van der Waals surface area (Å²) in [4.78, 5) is 33.7. The molecule has 0 radical (unpaired) electrons. The minimum Gasteiger partial charge on any atom is -0.297 e. The van der Waals surface area contributed by atoms with Gasteiger partial charge in [0.05, 0.1) is 23.6 Å². The Morgan fingerprint density at radius 1 is 1.35 bits per heavy atom. The van der Waals surface area contributed by atoms with E-state index in [0.29, 0.717) is 17.7 Å². The fourth-order valence-electron chi connectivity index (χ4n) is 1.49. The number of H-pyrrole nitrogens is 1. The van der Waals surface area contributed by atoms with Gasteiger partial charge in [0.25, 0.3) is 5.56 Å². The number of halogens is 1. The highest BCUT2D eigenvalue weighted by atomic mass is 35.5. The van der Waals surface area contributed by atoms with Gasteiger partial charge in [-0.15, -0.1) is 0 Å². The molecule has 0 aliphatic rings. The number of rotatable bonds is 2. The maximum atomic E-state index is 12.0. The van der Waals surface area contributed by atoms with Gasteiger partial charge < -0.3 is 0 Å². The summed E-state index contributed by atoms with van der Waals surface area (Å²) in [7, 11) is 0. The van der Waals surface area contributed by atoms with E-state index in [1.807, 2.05) is 0 Å². The third-order valence-electron chi connectivity index (χ3n) is 2.30. The first kappa shape index (κ1) is 11.5. The first-order valence-electron chi connectivity index (χ1n) is 4.94. The van der Waals surface area contributed by atoms with Gasteiger partial charge >= 0.3 is 5.69 Å². The SMILES string of the molecule is CCc1c(Cl)[nH]c(=O)n(-c2cncnc2)c1=O. The van der Waals surface area contributed by atoms with Crippen LogP contribution >= 0.6 is 11.6 Å². The first-order chi connectivity index (χ1) is 8.15. The summed E-state index contributed by atoms with van der Waals surface area (Å²) >= 11 is 5.79. The zero-order valence-electron chi connectivity index (χ0n) is 8.98. The molecule has 0 saturated carbocycles. The lowest BCUT2D eigenvalue weighted by atomic mass is 10.2. The Morgan fingerprint density at radius 3 is 2.59 bits per heavy atom. The van der Waals surface area contributed by atoms with E-state index in [9.17, 15) is 9.59 Å². The van der Waals surface area contributed by atoms with Crippen LogP contribution in [0.5, 0.6) is 0 Å². The molecule has 1 N–H and O–H groups in total. The van der Waals surface area contributed by atoms with E-state index in [2.05, 4.69) is 15.0 Å².